The third kappa shape index (κ3) is 10.2. The van der Waals surface area contributed by atoms with E-state index in [1.54, 1.807) is 13.8 Å². The number of carboxylic acid groups (broad SMARTS) is 1. The van der Waals surface area contributed by atoms with E-state index < -0.39 is 24.0 Å². The van der Waals surface area contributed by atoms with Gasteiger partial charge in [0.25, 0.3) is 0 Å². The molecule has 0 radical (unpaired) electrons. The Balaban J connectivity index is 3.54. The summed E-state index contributed by atoms with van der Waals surface area (Å²) in [5.41, 5.74) is 0. The van der Waals surface area contributed by atoms with Gasteiger partial charge in [0.05, 0.1) is 6.61 Å². The first-order valence-corrected chi connectivity index (χ1v) is 6.90. The van der Waals surface area contributed by atoms with Gasteiger partial charge in [0, 0.05) is 13.0 Å². The second-order valence-corrected chi connectivity index (χ2v) is 4.43. The van der Waals surface area contributed by atoms with E-state index in [0.29, 0.717) is 13.0 Å². The molecule has 0 aromatic carbocycles. The minimum atomic E-state index is -0.782. The maximum atomic E-state index is 11.4. The molecule has 0 fully saturated rings. The van der Waals surface area contributed by atoms with Gasteiger partial charge < -0.3 is 20.5 Å². The number of hydrogen-bond acceptors (Lipinski definition) is 4. The molecule has 0 aromatic rings. The number of amides is 2. The Hall–Kier alpha value is -1.79. The van der Waals surface area contributed by atoms with E-state index in [1.807, 2.05) is 0 Å². The first-order valence-electron chi connectivity index (χ1n) is 6.90. The number of unbranched alkanes of at least 4 members (excludes halogenated alkanes) is 3. The molecule has 0 rings (SSSR count). The number of carbonyl (C=O) groups excluding carboxylic acids is 2. The Kier molecular flexibility index (Phi) is 10.1. The molecular weight excluding hydrogens is 264 g/mol. The van der Waals surface area contributed by atoms with Gasteiger partial charge in [-0.05, 0) is 26.7 Å². The van der Waals surface area contributed by atoms with Crippen LogP contribution in [0.2, 0.25) is 0 Å². The average Bonchev–Trinajstić information content (AvgIpc) is 2.37. The maximum Gasteiger partial charge on any atom is 0.328 e. The summed E-state index contributed by atoms with van der Waals surface area (Å²) >= 11 is 0. The van der Waals surface area contributed by atoms with Gasteiger partial charge in [-0.25, -0.2) is 9.59 Å². The second-order valence-electron chi connectivity index (χ2n) is 4.43. The lowest BCUT2D eigenvalue weighted by Crippen LogP contribution is -2.45. The van der Waals surface area contributed by atoms with Gasteiger partial charge in [-0.15, -0.1) is 0 Å². The molecule has 2 amide bonds. The highest BCUT2D eigenvalue weighted by Gasteiger charge is 2.15. The molecule has 7 heteroatoms. The Morgan fingerprint density at radius 2 is 1.80 bits per heavy atom. The molecule has 0 aliphatic heterocycles. The highest BCUT2D eigenvalue weighted by atomic mass is 16.5. The summed E-state index contributed by atoms with van der Waals surface area (Å²) < 4.78 is 4.76. The van der Waals surface area contributed by atoms with Crippen molar-refractivity contribution in [3.63, 3.8) is 0 Å². The number of aliphatic carboxylic acids is 1. The van der Waals surface area contributed by atoms with Crippen LogP contribution in [0, 0.1) is 0 Å². The van der Waals surface area contributed by atoms with Crippen LogP contribution in [0.15, 0.2) is 0 Å². The zero-order chi connectivity index (χ0) is 15.4. The summed E-state index contributed by atoms with van der Waals surface area (Å²) in [6.07, 6.45) is 3.31. The molecule has 0 heterocycles. The van der Waals surface area contributed by atoms with Gasteiger partial charge in [0.2, 0.25) is 0 Å². The van der Waals surface area contributed by atoms with E-state index in [1.165, 1.54) is 0 Å². The van der Waals surface area contributed by atoms with Crippen LogP contribution in [0.3, 0.4) is 0 Å². The fourth-order valence-electron chi connectivity index (χ4n) is 1.53. The van der Waals surface area contributed by atoms with Gasteiger partial charge in [0.15, 0.2) is 0 Å². The summed E-state index contributed by atoms with van der Waals surface area (Å²) in [5.74, 6) is -1.24. The van der Waals surface area contributed by atoms with Gasteiger partial charge in [-0.2, -0.15) is 0 Å². The molecule has 0 aromatic heterocycles. The molecule has 3 N–H and O–H groups in total. The van der Waals surface area contributed by atoms with Crippen LogP contribution in [0.4, 0.5) is 4.79 Å². The standard InChI is InChI=1S/C13H24N2O5/c1-3-20-12(18)10(2)15-13(19)14-9-7-5-4-6-8-11(16)17/h10H,3-9H2,1-2H3,(H,16,17)(H2,14,15,19). The molecule has 0 saturated carbocycles. The minimum Gasteiger partial charge on any atom is -0.481 e. The summed E-state index contributed by atoms with van der Waals surface area (Å²) in [5, 5.41) is 13.6. The SMILES string of the molecule is CCOC(=O)C(C)NC(=O)NCCCCCCC(=O)O. The first-order chi connectivity index (χ1) is 9.47. The van der Waals surface area contributed by atoms with Crippen molar-refractivity contribution in [2.45, 2.75) is 52.0 Å². The van der Waals surface area contributed by atoms with E-state index >= 15 is 0 Å². The lowest BCUT2D eigenvalue weighted by atomic mass is 10.1. The van der Waals surface area contributed by atoms with E-state index in [2.05, 4.69) is 10.6 Å². The number of rotatable bonds is 10. The van der Waals surface area contributed by atoms with Crippen molar-refractivity contribution >= 4 is 18.0 Å². The van der Waals surface area contributed by atoms with Crippen molar-refractivity contribution in [3.05, 3.63) is 0 Å². The number of urea groups is 1. The highest BCUT2D eigenvalue weighted by Crippen LogP contribution is 2.02. The molecule has 116 valence electrons. The Morgan fingerprint density at radius 1 is 1.15 bits per heavy atom. The summed E-state index contributed by atoms with van der Waals surface area (Å²) in [6.45, 7) is 4.04. The fraction of sp³-hybridized carbons (Fsp3) is 0.769. The van der Waals surface area contributed by atoms with Crippen molar-refractivity contribution in [2.75, 3.05) is 13.2 Å². The normalized spacial score (nSPS) is 11.5. The summed E-state index contributed by atoms with van der Waals surface area (Å²) in [7, 11) is 0. The van der Waals surface area contributed by atoms with Crippen LogP contribution in [0.5, 0.6) is 0 Å². The minimum absolute atomic E-state index is 0.185. The largest absolute Gasteiger partial charge is 0.481 e. The summed E-state index contributed by atoms with van der Waals surface area (Å²) in [6, 6.07) is -1.08. The zero-order valence-electron chi connectivity index (χ0n) is 12.1. The van der Waals surface area contributed by atoms with Crippen molar-refractivity contribution in [2.24, 2.45) is 0 Å². The van der Waals surface area contributed by atoms with Crippen LogP contribution in [-0.2, 0) is 14.3 Å². The van der Waals surface area contributed by atoms with E-state index in [-0.39, 0.29) is 13.0 Å². The van der Waals surface area contributed by atoms with Crippen molar-refractivity contribution in [1.29, 1.82) is 0 Å². The molecule has 0 saturated heterocycles. The highest BCUT2D eigenvalue weighted by molar-refractivity contribution is 5.83. The quantitative estimate of drug-likeness (QED) is 0.415. The third-order valence-corrected chi connectivity index (χ3v) is 2.59. The summed E-state index contributed by atoms with van der Waals surface area (Å²) in [4.78, 5) is 33.0. The molecule has 0 aliphatic rings. The predicted molar refractivity (Wildman–Crippen MR) is 73.4 cm³/mol. The smallest absolute Gasteiger partial charge is 0.328 e. The van der Waals surface area contributed by atoms with Gasteiger partial charge >= 0.3 is 18.0 Å². The number of carbonyl (C=O) groups is 3. The van der Waals surface area contributed by atoms with Crippen LogP contribution >= 0.6 is 0 Å². The number of esters is 1. The fourth-order valence-corrected chi connectivity index (χ4v) is 1.53. The predicted octanol–water partition coefficient (Wildman–Crippen LogP) is 1.27. The van der Waals surface area contributed by atoms with Crippen LogP contribution in [0.25, 0.3) is 0 Å². The molecule has 0 bridgehead atoms. The monoisotopic (exact) mass is 288 g/mol. The first kappa shape index (κ1) is 18.2. The van der Waals surface area contributed by atoms with Crippen LogP contribution < -0.4 is 10.6 Å². The number of carboxylic acids is 1. The van der Waals surface area contributed by atoms with Gasteiger partial charge in [0.1, 0.15) is 6.04 Å². The number of nitrogens with one attached hydrogen (secondary N) is 2. The Morgan fingerprint density at radius 3 is 2.40 bits per heavy atom. The third-order valence-electron chi connectivity index (χ3n) is 2.59. The topological polar surface area (TPSA) is 105 Å². The lowest BCUT2D eigenvalue weighted by molar-refractivity contribution is -0.144. The second kappa shape index (κ2) is 11.1. The van der Waals surface area contributed by atoms with Crippen molar-refractivity contribution < 1.29 is 24.2 Å². The molecule has 7 nitrogen and oxygen atoms in total. The van der Waals surface area contributed by atoms with Crippen molar-refractivity contribution in [3.8, 4) is 0 Å². The molecule has 0 spiro atoms. The Bertz CT molecular complexity index is 320. The average molecular weight is 288 g/mol. The molecule has 1 unspecified atom stereocenters. The number of hydrogen-bond donors (Lipinski definition) is 3. The van der Waals surface area contributed by atoms with E-state index in [9.17, 15) is 14.4 Å². The van der Waals surface area contributed by atoms with E-state index in [4.69, 9.17) is 9.84 Å². The lowest BCUT2D eigenvalue weighted by Gasteiger charge is -2.13. The zero-order valence-corrected chi connectivity index (χ0v) is 12.1. The van der Waals surface area contributed by atoms with E-state index in [0.717, 1.165) is 19.3 Å². The van der Waals surface area contributed by atoms with Gasteiger partial charge in [-0.3, -0.25) is 4.79 Å². The molecular formula is C13H24N2O5. The maximum absolute atomic E-state index is 11.4. The molecule has 20 heavy (non-hydrogen) atoms. The van der Waals surface area contributed by atoms with Crippen molar-refractivity contribution in [1.82, 2.24) is 10.6 Å². The molecule has 1 atom stereocenters. The number of ether oxygens (including phenoxy) is 1. The Labute approximate surface area is 119 Å². The van der Waals surface area contributed by atoms with Gasteiger partial charge in [-0.1, -0.05) is 12.8 Å². The van der Waals surface area contributed by atoms with Crippen LogP contribution in [0.1, 0.15) is 46.0 Å². The molecule has 0 aliphatic carbocycles. The van der Waals surface area contributed by atoms with Crippen LogP contribution in [-0.4, -0.2) is 42.3 Å².